The fourth-order valence-corrected chi connectivity index (χ4v) is 4.61. The Labute approximate surface area is 128 Å². The van der Waals surface area contributed by atoms with Crippen LogP contribution in [0.2, 0.25) is 0 Å². The molecule has 0 aliphatic heterocycles. The molecule has 0 radical (unpaired) electrons. The SMILES string of the molecule is CC1(C)CCCCC1NS(=O)(=O)Cc1cccc(CN)c1. The van der Waals surface area contributed by atoms with Gasteiger partial charge in [0, 0.05) is 12.6 Å². The van der Waals surface area contributed by atoms with Crippen molar-refractivity contribution in [1.82, 2.24) is 4.72 Å². The second kappa shape index (κ2) is 6.46. The van der Waals surface area contributed by atoms with Gasteiger partial charge in [-0.3, -0.25) is 0 Å². The lowest BCUT2D eigenvalue weighted by Gasteiger charge is -2.38. The fourth-order valence-electron chi connectivity index (χ4n) is 3.04. The van der Waals surface area contributed by atoms with Crippen molar-refractivity contribution in [2.45, 2.75) is 57.9 Å². The Morgan fingerprint density at radius 2 is 2.00 bits per heavy atom. The van der Waals surface area contributed by atoms with E-state index in [-0.39, 0.29) is 17.2 Å². The first-order valence-corrected chi connectivity index (χ1v) is 9.25. The summed E-state index contributed by atoms with van der Waals surface area (Å²) in [5.74, 6) is 0.0212. The van der Waals surface area contributed by atoms with E-state index in [0.29, 0.717) is 6.54 Å². The minimum absolute atomic E-state index is 0.0212. The maximum Gasteiger partial charge on any atom is 0.216 e. The lowest BCUT2D eigenvalue weighted by Crippen LogP contribution is -2.47. The first kappa shape index (κ1) is 16.5. The highest BCUT2D eigenvalue weighted by Gasteiger charge is 2.34. The Balaban J connectivity index is 2.07. The van der Waals surface area contributed by atoms with E-state index in [4.69, 9.17) is 5.73 Å². The van der Waals surface area contributed by atoms with Crippen LogP contribution in [0.4, 0.5) is 0 Å². The first-order chi connectivity index (χ1) is 9.82. The van der Waals surface area contributed by atoms with Gasteiger partial charge in [0.05, 0.1) is 5.75 Å². The lowest BCUT2D eigenvalue weighted by molar-refractivity contribution is 0.188. The molecule has 4 nitrogen and oxygen atoms in total. The second-order valence-electron chi connectivity index (χ2n) is 6.69. The Morgan fingerprint density at radius 1 is 1.29 bits per heavy atom. The van der Waals surface area contributed by atoms with Crippen LogP contribution in [0.1, 0.15) is 50.7 Å². The van der Waals surface area contributed by atoms with Gasteiger partial charge in [0.2, 0.25) is 10.0 Å². The molecule has 0 saturated heterocycles. The van der Waals surface area contributed by atoms with Crippen LogP contribution in [0.25, 0.3) is 0 Å². The molecule has 2 rings (SSSR count). The molecule has 118 valence electrons. The van der Waals surface area contributed by atoms with E-state index >= 15 is 0 Å². The molecule has 21 heavy (non-hydrogen) atoms. The Morgan fingerprint density at radius 3 is 2.67 bits per heavy atom. The number of nitrogens with one attached hydrogen (secondary N) is 1. The number of sulfonamides is 1. The zero-order chi connectivity index (χ0) is 15.5. The largest absolute Gasteiger partial charge is 0.326 e. The number of benzene rings is 1. The van der Waals surface area contributed by atoms with Crippen molar-refractivity contribution in [3.8, 4) is 0 Å². The predicted molar refractivity (Wildman–Crippen MR) is 86.1 cm³/mol. The van der Waals surface area contributed by atoms with Crippen molar-refractivity contribution in [2.24, 2.45) is 11.1 Å². The Hall–Kier alpha value is -0.910. The molecule has 1 aromatic carbocycles. The van der Waals surface area contributed by atoms with Gasteiger partial charge in [0.15, 0.2) is 0 Å². The Kier molecular flexibility index (Phi) is 5.07. The first-order valence-electron chi connectivity index (χ1n) is 7.60. The zero-order valence-corrected chi connectivity index (χ0v) is 13.7. The molecule has 3 N–H and O–H groups in total. The maximum atomic E-state index is 12.4. The third-order valence-electron chi connectivity index (χ3n) is 4.41. The van der Waals surface area contributed by atoms with Crippen LogP contribution >= 0.6 is 0 Å². The molecule has 0 heterocycles. The van der Waals surface area contributed by atoms with Crippen molar-refractivity contribution >= 4 is 10.0 Å². The van der Waals surface area contributed by atoms with E-state index < -0.39 is 10.0 Å². The van der Waals surface area contributed by atoms with Crippen molar-refractivity contribution in [3.05, 3.63) is 35.4 Å². The van der Waals surface area contributed by atoms with E-state index in [0.717, 1.165) is 30.4 Å². The zero-order valence-electron chi connectivity index (χ0n) is 12.9. The van der Waals surface area contributed by atoms with Crippen LogP contribution in [0.15, 0.2) is 24.3 Å². The molecule has 1 aliphatic rings. The van der Waals surface area contributed by atoms with Crippen LogP contribution in [-0.4, -0.2) is 14.5 Å². The molecule has 1 unspecified atom stereocenters. The fraction of sp³-hybridized carbons (Fsp3) is 0.625. The maximum absolute atomic E-state index is 12.4. The summed E-state index contributed by atoms with van der Waals surface area (Å²) in [4.78, 5) is 0. The van der Waals surface area contributed by atoms with Crippen LogP contribution < -0.4 is 10.5 Å². The minimum atomic E-state index is -3.32. The number of nitrogens with two attached hydrogens (primary N) is 1. The summed E-state index contributed by atoms with van der Waals surface area (Å²) < 4.78 is 27.7. The average molecular weight is 310 g/mol. The molecular formula is C16H26N2O2S. The predicted octanol–water partition coefficient (Wildman–Crippen LogP) is 2.53. The average Bonchev–Trinajstić information content (AvgIpc) is 2.40. The van der Waals surface area contributed by atoms with Crippen molar-refractivity contribution < 1.29 is 8.42 Å². The summed E-state index contributed by atoms with van der Waals surface area (Å²) in [7, 11) is -3.32. The summed E-state index contributed by atoms with van der Waals surface area (Å²) in [5, 5.41) is 0. The van der Waals surface area contributed by atoms with Gasteiger partial charge >= 0.3 is 0 Å². The lowest BCUT2D eigenvalue weighted by atomic mass is 9.74. The smallest absolute Gasteiger partial charge is 0.216 e. The quantitative estimate of drug-likeness (QED) is 0.878. The van der Waals surface area contributed by atoms with E-state index in [9.17, 15) is 8.42 Å². The summed E-state index contributed by atoms with van der Waals surface area (Å²) in [6.45, 7) is 4.72. The number of hydrogen-bond acceptors (Lipinski definition) is 3. The molecule has 0 amide bonds. The van der Waals surface area contributed by atoms with Gasteiger partial charge in [-0.05, 0) is 29.4 Å². The highest BCUT2D eigenvalue weighted by molar-refractivity contribution is 7.88. The van der Waals surface area contributed by atoms with Gasteiger partial charge < -0.3 is 5.73 Å². The van der Waals surface area contributed by atoms with Gasteiger partial charge in [-0.1, -0.05) is 51.0 Å². The number of hydrogen-bond donors (Lipinski definition) is 2. The molecule has 1 aliphatic carbocycles. The second-order valence-corrected chi connectivity index (χ2v) is 8.44. The van der Waals surface area contributed by atoms with E-state index in [1.807, 2.05) is 24.3 Å². The normalized spacial score (nSPS) is 22.1. The van der Waals surface area contributed by atoms with Crippen LogP contribution in [0, 0.1) is 5.41 Å². The van der Waals surface area contributed by atoms with Gasteiger partial charge in [-0.2, -0.15) is 0 Å². The molecule has 0 aromatic heterocycles. The summed E-state index contributed by atoms with van der Waals surface area (Å²) in [6.07, 6.45) is 4.28. The van der Waals surface area contributed by atoms with Crippen LogP contribution in [0.5, 0.6) is 0 Å². The van der Waals surface area contributed by atoms with Crippen LogP contribution in [-0.2, 0) is 22.3 Å². The molecule has 1 saturated carbocycles. The van der Waals surface area contributed by atoms with Gasteiger partial charge in [-0.15, -0.1) is 0 Å². The van der Waals surface area contributed by atoms with E-state index in [1.54, 1.807) is 0 Å². The monoisotopic (exact) mass is 310 g/mol. The highest BCUT2D eigenvalue weighted by atomic mass is 32.2. The highest BCUT2D eigenvalue weighted by Crippen LogP contribution is 2.35. The molecule has 0 spiro atoms. The summed E-state index contributed by atoms with van der Waals surface area (Å²) >= 11 is 0. The van der Waals surface area contributed by atoms with E-state index in [2.05, 4.69) is 18.6 Å². The molecule has 1 aromatic rings. The minimum Gasteiger partial charge on any atom is -0.326 e. The molecule has 5 heteroatoms. The summed E-state index contributed by atoms with van der Waals surface area (Å²) in [6, 6.07) is 7.51. The van der Waals surface area contributed by atoms with Crippen molar-refractivity contribution in [2.75, 3.05) is 0 Å². The van der Waals surface area contributed by atoms with E-state index in [1.165, 1.54) is 6.42 Å². The third-order valence-corrected chi connectivity index (χ3v) is 5.77. The standard InChI is InChI=1S/C16H26N2O2S/c1-16(2)9-4-3-8-15(16)18-21(19,20)12-14-7-5-6-13(10-14)11-17/h5-7,10,15,18H,3-4,8-9,11-12,17H2,1-2H3. The molecular weight excluding hydrogens is 284 g/mol. The molecule has 1 fully saturated rings. The van der Waals surface area contributed by atoms with Crippen LogP contribution in [0.3, 0.4) is 0 Å². The topological polar surface area (TPSA) is 72.2 Å². The molecule has 0 bridgehead atoms. The third kappa shape index (κ3) is 4.53. The van der Waals surface area contributed by atoms with Gasteiger partial charge in [0.1, 0.15) is 0 Å². The van der Waals surface area contributed by atoms with Gasteiger partial charge in [0.25, 0.3) is 0 Å². The van der Waals surface area contributed by atoms with Crippen molar-refractivity contribution in [1.29, 1.82) is 0 Å². The van der Waals surface area contributed by atoms with Gasteiger partial charge in [-0.25, -0.2) is 13.1 Å². The molecule has 1 atom stereocenters. The number of rotatable bonds is 5. The Bertz CT molecular complexity index is 582. The summed E-state index contributed by atoms with van der Waals surface area (Å²) in [5.41, 5.74) is 7.38. The van der Waals surface area contributed by atoms with Crippen molar-refractivity contribution in [3.63, 3.8) is 0 Å².